The van der Waals surface area contributed by atoms with E-state index in [0.29, 0.717) is 6.61 Å². The first-order valence-corrected chi connectivity index (χ1v) is 8.00. The normalized spacial score (nSPS) is 25.7. The van der Waals surface area contributed by atoms with Gasteiger partial charge in [-0.25, -0.2) is 0 Å². The molecule has 0 spiro atoms. The van der Waals surface area contributed by atoms with Gasteiger partial charge in [0, 0.05) is 0 Å². The molecule has 1 fully saturated rings. The summed E-state index contributed by atoms with van der Waals surface area (Å²) in [7, 11) is 0. The largest absolute Gasteiger partial charge is 0.466 e. The van der Waals surface area contributed by atoms with Gasteiger partial charge in [0.25, 0.3) is 0 Å². The SMILES string of the molecule is CCOC(=O)[C@H](C)c1ccc2c(c1)C[C@H]1CCCC[C@@H]21. The van der Waals surface area contributed by atoms with Crippen molar-refractivity contribution in [1.29, 1.82) is 0 Å². The predicted molar refractivity (Wildman–Crippen MR) is 79.9 cm³/mol. The van der Waals surface area contributed by atoms with Gasteiger partial charge in [-0.05, 0) is 61.6 Å². The molecule has 0 unspecified atom stereocenters. The van der Waals surface area contributed by atoms with Gasteiger partial charge in [-0.1, -0.05) is 31.0 Å². The Kier molecular flexibility index (Phi) is 3.82. The maximum atomic E-state index is 11.9. The highest BCUT2D eigenvalue weighted by molar-refractivity contribution is 5.77. The number of hydrogen-bond acceptors (Lipinski definition) is 2. The minimum atomic E-state index is -0.150. The van der Waals surface area contributed by atoms with Crippen LogP contribution in [0.2, 0.25) is 0 Å². The highest BCUT2D eigenvalue weighted by atomic mass is 16.5. The lowest BCUT2D eigenvalue weighted by Crippen LogP contribution is -2.13. The fourth-order valence-corrected chi connectivity index (χ4v) is 3.98. The Morgan fingerprint density at radius 2 is 2.15 bits per heavy atom. The summed E-state index contributed by atoms with van der Waals surface area (Å²) in [6.07, 6.45) is 6.71. The third kappa shape index (κ3) is 2.36. The molecule has 108 valence electrons. The van der Waals surface area contributed by atoms with Gasteiger partial charge in [0.05, 0.1) is 12.5 Å². The predicted octanol–water partition coefficient (Wildman–Crippen LogP) is 4.18. The molecule has 0 radical (unpaired) electrons. The summed E-state index contributed by atoms with van der Waals surface area (Å²) >= 11 is 0. The maximum Gasteiger partial charge on any atom is 0.313 e. The van der Waals surface area contributed by atoms with Crippen molar-refractivity contribution in [3.8, 4) is 0 Å². The lowest BCUT2D eigenvalue weighted by molar-refractivity contribution is -0.144. The van der Waals surface area contributed by atoms with Crippen LogP contribution in [-0.2, 0) is 16.0 Å². The van der Waals surface area contributed by atoms with Crippen LogP contribution < -0.4 is 0 Å². The van der Waals surface area contributed by atoms with Gasteiger partial charge in [0.2, 0.25) is 0 Å². The van der Waals surface area contributed by atoms with Crippen molar-refractivity contribution in [1.82, 2.24) is 0 Å². The number of benzene rings is 1. The first kappa shape index (κ1) is 13.7. The fraction of sp³-hybridized carbons (Fsp3) is 0.611. The minimum absolute atomic E-state index is 0.108. The molecule has 1 aromatic rings. The topological polar surface area (TPSA) is 26.3 Å². The number of carbonyl (C=O) groups is 1. The summed E-state index contributed by atoms with van der Waals surface area (Å²) in [5.41, 5.74) is 4.14. The Bertz CT molecular complexity index is 506. The fourth-order valence-electron chi connectivity index (χ4n) is 3.98. The van der Waals surface area contributed by atoms with E-state index in [2.05, 4.69) is 18.2 Å². The van der Waals surface area contributed by atoms with Crippen LogP contribution in [-0.4, -0.2) is 12.6 Å². The third-order valence-corrected chi connectivity index (χ3v) is 5.10. The summed E-state index contributed by atoms with van der Waals surface area (Å²) in [6, 6.07) is 6.67. The quantitative estimate of drug-likeness (QED) is 0.771. The molecule has 0 aromatic heterocycles. The van der Waals surface area contributed by atoms with Gasteiger partial charge in [0.15, 0.2) is 0 Å². The van der Waals surface area contributed by atoms with Crippen LogP contribution in [0.15, 0.2) is 18.2 Å². The Morgan fingerprint density at radius 1 is 1.35 bits per heavy atom. The van der Waals surface area contributed by atoms with E-state index in [1.165, 1.54) is 37.7 Å². The number of carbonyl (C=O) groups excluding carboxylic acids is 1. The number of rotatable bonds is 3. The molecular weight excluding hydrogens is 248 g/mol. The molecule has 2 aliphatic rings. The van der Waals surface area contributed by atoms with Crippen molar-refractivity contribution in [2.75, 3.05) is 6.61 Å². The monoisotopic (exact) mass is 272 g/mol. The Labute approximate surface area is 121 Å². The van der Waals surface area contributed by atoms with Gasteiger partial charge in [0.1, 0.15) is 0 Å². The molecule has 0 amide bonds. The molecule has 3 atom stereocenters. The highest BCUT2D eigenvalue weighted by Gasteiger charge is 2.34. The van der Waals surface area contributed by atoms with E-state index in [9.17, 15) is 4.79 Å². The highest BCUT2D eigenvalue weighted by Crippen LogP contribution is 2.47. The summed E-state index contributed by atoms with van der Waals surface area (Å²) in [5, 5.41) is 0. The van der Waals surface area contributed by atoms with E-state index in [1.807, 2.05) is 13.8 Å². The molecule has 2 aliphatic carbocycles. The van der Waals surface area contributed by atoms with Crippen LogP contribution in [0.1, 0.15) is 68.1 Å². The molecule has 2 heteroatoms. The lowest BCUT2D eigenvalue weighted by Gasteiger charge is -2.25. The minimum Gasteiger partial charge on any atom is -0.466 e. The Morgan fingerprint density at radius 3 is 2.95 bits per heavy atom. The zero-order chi connectivity index (χ0) is 14.1. The van der Waals surface area contributed by atoms with Gasteiger partial charge >= 0.3 is 5.97 Å². The van der Waals surface area contributed by atoms with E-state index in [4.69, 9.17) is 4.74 Å². The summed E-state index contributed by atoms with van der Waals surface area (Å²) in [5.74, 6) is 1.38. The zero-order valence-electron chi connectivity index (χ0n) is 12.5. The molecule has 0 saturated heterocycles. The van der Waals surface area contributed by atoms with Crippen molar-refractivity contribution in [2.45, 2.75) is 57.8 Å². The average molecular weight is 272 g/mol. The number of hydrogen-bond donors (Lipinski definition) is 0. The maximum absolute atomic E-state index is 11.9. The van der Waals surface area contributed by atoms with Gasteiger partial charge in [-0.15, -0.1) is 0 Å². The van der Waals surface area contributed by atoms with Gasteiger partial charge in [-0.3, -0.25) is 4.79 Å². The standard InChI is InChI=1S/C18H24O2/c1-3-20-18(19)12(2)13-8-9-17-15(10-13)11-14-6-4-5-7-16(14)17/h8-10,12,14,16H,3-7,11H2,1-2H3/t12-,14-,16-/m1/s1. The first-order chi connectivity index (χ1) is 9.70. The van der Waals surface area contributed by atoms with E-state index >= 15 is 0 Å². The van der Waals surface area contributed by atoms with Crippen molar-refractivity contribution >= 4 is 5.97 Å². The Balaban J connectivity index is 1.82. The van der Waals surface area contributed by atoms with Crippen LogP contribution in [0, 0.1) is 5.92 Å². The molecular formula is C18H24O2. The van der Waals surface area contributed by atoms with Gasteiger partial charge in [-0.2, -0.15) is 0 Å². The first-order valence-electron chi connectivity index (χ1n) is 8.00. The smallest absolute Gasteiger partial charge is 0.313 e. The molecule has 0 heterocycles. The second-order valence-corrected chi connectivity index (χ2v) is 6.29. The van der Waals surface area contributed by atoms with E-state index in [0.717, 1.165) is 17.4 Å². The zero-order valence-corrected chi connectivity index (χ0v) is 12.5. The Hall–Kier alpha value is -1.31. The van der Waals surface area contributed by atoms with Crippen LogP contribution in [0.4, 0.5) is 0 Å². The van der Waals surface area contributed by atoms with Crippen LogP contribution in [0.25, 0.3) is 0 Å². The summed E-state index contributed by atoms with van der Waals surface area (Å²) < 4.78 is 5.13. The molecule has 1 saturated carbocycles. The van der Waals surface area contributed by atoms with Crippen LogP contribution in [0.5, 0.6) is 0 Å². The number of fused-ring (bicyclic) bond motifs is 3. The number of ether oxygens (including phenoxy) is 1. The summed E-state index contributed by atoms with van der Waals surface area (Å²) in [4.78, 5) is 11.9. The third-order valence-electron chi connectivity index (χ3n) is 5.10. The molecule has 0 bridgehead atoms. The molecule has 0 aliphatic heterocycles. The van der Waals surface area contributed by atoms with E-state index in [-0.39, 0.29) is 11.9 Å². The van der Waals surface area contributed by atoms with E-state index in [1.54, 1.807) is 5.56 Å². The molecule has 1 aromatic carbocycles. The van der Waals surface area contributed by atoms with Crippen LogP contribution in [0.3, 0.4) is 0 Å². The van der Waals surface area contributed by atoms with Crippen molar-refractivity contribution in [3.63, 3.8) is 0 Å². The van der Waals surface area contributed by atoms with Crippen LogP contribution >= 0.6 is 0 Å². The van der Waals surface area contributed by atoms with Crippen molar-refractivity contribution in [2.24, 2.45) is 5.92 Å². The van der Waals surface area contributed by atoms with Crippen molar-refractivity contribution < 1.29 is 9.53 Å². The summed E-state index contributed by atoms with van der Waals surface area (Å²) in [6.45, 7) is 4.26. The lowest BCUT2D eigenvalue weighted by atomic mass is 9.80. The number of esters is 1. The van der Waals surface area contributed by atoms with E-state index < -0.39 is 0 Å². The molecule has 2 nitrogen and oxygen atoms in total. The van der Waals surface area contributed by atoms with Gasteiger partial charge < -0.3 is 4.74 Å². The second-order valence-electron chi connectivity index (χ2n) is 6.29. The molecule has 0 N–H and O–H groups in total. The molecule has 20 heavy (non-hydrogen) atoms. The molecule has 3 rings (SSSR count). The van der Waals surface area contributed by atoms with Crippen molar-refractivity contribution in [3.05, 3.63) is 34.9 Å². The second kappa shape index (κ2) is 5.59. The average Bonchev–Trinajstić information content (AvgIpc) is 2.84.